The van der Waals surface area contributed by atoms with Crippen LogP contribution in [0.25, 0.3) is 11.3 Å². The first kappa shape index (κ1) is 17.0. The van der Waals surface area contributed by atoms with Gasteiger partial charge in [0.1, 0.15) is 17.4 Å². The van der Waals surface area contributed by atoms with Gasteiger partial charge in [0.05, 0.1) is 16.8 Å². The molecule has 0 bridgehead atoms. The molecule has 0 spiro atoms. The van der Waals surface area contributed by atoms with Gasteiger partial charge in [-0.1, -0.05) is 41.9 Å². The average molecular weight is 359 g/mol. The van der Waals surface area contributed by atoms with E-state index in [0.29, 0.717) is 17.4 Å². The molecule has 1 unspecified atom stereocenters. The van der Waals surface area contributed by atoms with Crippen LogP contribution in [0.15, 0.2) is 53.9 Å². The molecule has 0 saturated carbocycles. The van der Waals surface area contributed by atoms with Crippen molar-refractivity contribution in [2.75, 3.05) is 7.05 Å². The number of thiazole rings is 1. The molecule has 0 radical (unpaired) electrons. The number of hydrogen-bond acceptors (Lipinski definition) is 4. The predicted octanol–water partition coefficient (Wildman–Crippen LogP) is 5.32. The van der Waals surface area contributed by atoms with Crippen LogP contribution in [0.4, 0.5) is 0 Å². The largest absolute Gasteiger partial charge is 0.487 e. The Morgan fingerprint density at radius 1 is 1.21 bits per heavy atom. The van der Waals surface area contributed by atoms with Crippen molar-refractivity contribution in [2.45, 2.75) is 19.6 Å². The minimum atomic E-state index is 0.243. The first-order chi connectivity index (χ1) is 11.7. The third-order valence-electron chi connectivity index (χ3n) is 3.79. The van der Waals surface area contributed by atoms with Crippen LogP contribution >= 0.6 is 22.9 Å². The summed E-state index contributed by atoms with van der Waals surface area (Å²) in [6.07, 6.45) is 0. The fourth-order valence-electron chi connectivity index (χ4n) is 2.26. The van der Waals surface area contributed by atoms with Crippen molar-refractivity contribution in [2.24, 2.45) is 0 Å². The number of rotatable bonds is 6. The molecule has 3 rings (SSSR count). The SMILES string of the molecule is CNC(C)c1nc(-c2ccc(OCc3ccccc3)c(Cl)c2)cs1. The minimum absolute atomic E-state index is 0.243. The maximum absolute atomic E-state index is 6.38. The van der Waals surface area contributed by atoms with Crippen LogP contribution in [0.5, 0.6) is 5.75 Å². The van der Waals surface area contributed by atoms with Crippen molar-refractivity contribution in [1.82, 2.24) is 10.3 Å². The molecular formula is C19H19ClN2OS. The molecular weight excluding hydrogens is 340 g/mol. The summed E-state index contributed by atoms with van der Waals surface area (Å²) in [5.41, 5.74) is 3.05. The quantitative estimate of drug-likeness (QED) is 0.647. The van der Waals surface area contributed by atoms with Gasteiger partial charge in [0.15, 0.2) is 0 Å². The zero-order valence-corrected chi connectivity index (χ0v) is 15.2. The van der Waals surface area contributed by atoms with Crippen LogP contribution in [0.2, 0.25) is 5.02 Å². The Bertz CT molecular complexity index is 804. The molecule has 0 amide bonds. The Labute approximate surface area is 151 Å². The van der Waals surface area contributed by atoms with Crippen LogP contribution in [0.3, 0.4) is 0 Å². The van der Waals surface area contributed by atoms with E-state index in [2.05, 4.69) is 22.6 Å². The standard InChI is InChI=1S/C19H19ClN2OS/c1-13(21-2)19-22-17(12-24-19)15-8-9-18(16(20)10-15)23-11-14-6-4-3-5-7-14/h3-10,12-13,21H,11H2,1-2H3. The number of benzene rings is 2. The van der Waals surface area contributed by atoms with Crippen molar-refractivity contribution in [3.63, 3.8) is 0 Å². The van der Waals surface area contributed by atoms with Crippen molar-refractivity contribution in [3.05, 3.63) is 69.5 Å². The lowest BCUT2D eigenvalue weighted by Crippen LogP contribution is -2.11. The normalized spacial score (nSPS) is 12.1. The molecule has 5 heteroatoms. The summed E-state index contributed by atoms with van der Waals surface area (Å²) < 4.78 is 5.81. The van der Waals surface area contributed by atoms with Gasteiger partial charge in [-0.05, 0) is 37.7 Å². The highest BCUT2D eigenvalue weighted by molar-refractivity contribution is 7.10. The maximum atomic E-state index is 6.38. The van der Waals surface area contributed by atoms with Crippen LogP contribution in [0, 0.1) is 0 Å². The first-order valence-electron chi connectivity index (χ1n) is 7.76. The van der Waals surface area contributed by atoms with E-state index in [1.165, 1.54) is 0 Å². The van der Waals surface area contributed by atoms with E-state index in [4.69, 9.17) is 16.3 Å². The lowest BCUT2D eigenvalue weighted by atomic mass is 10.1. The third-order valence-corrected chi connectivity index (χ3v) is 5.11. The maximum Gasteiger partial charge on any atom is 0.138 e. The van der Waals surface area contributed by atoms with Gasteiger partial charge in [-0.15, -0.1) is 11.3 Å². The molecule has 1 heterocycles. The monoisotopic (exact) mass is 358 g/mol. The summed E-state index contributed by atoms with van der Waals surface area (Å²) in [4.78, 5) is 4.67. The minimum Gasteiger partial charge on any atom is -0.487 e. The molecule has 1 atom stereocenters. The summed E-state index contributed by atoms with van der Waals surface area (Å²) >= 11 is 8.03. The summed E-state index contributed by atoms with van der Waals surface area (Å²) in [5.74, 6) is 0.684. The van der Waals surface area contributed by atoms with Gasteiger partial charge >= 0.3 is 0 Å². The average Bonchev–Trinajstić information content (AvgIpc) is 3.11. The van der Waals surface area contributed by atoms with E-state index in [-0.39, 0.29) is 6.04 Å². The van der Waals surface area contributed by atoms with Crippen molar-refractivity contribution >= 4 is 22.9 Å². The third kappa shape index (κ3) is 3.96. The number of hydrogen-bond donors (Lipinski definition) is 1. The molecule has 0 fully saturated rings. The number of halogens is 1. The summed E-state index contributed by atoms with van der Waals surface area (Å²) in [6.45, 7) is 2.59. The Morgan fingerprint density at radius 3 is 2.71 bits per heavy atom. The van der Waals surface area contributed by atoms with E-state index in [1.807, 2.05) is 55.6 Å². The Kier molecular flexibility index (Phi) is 5.51. The van der Waals surface area contributed by atoms with Crippen molar-refractivity contribution < 1.29 is 4.74 Å². The summed E-state index contributed by atoms with van der Waals surface area (Å²) in [5, 5.41) is 6.92. The van der Waals surface area contributed by atoms with Crippen LogP contribution in [-0.2, 0) is 6.61 Å². The van der Waals surface area contributed by atoms with Crippen LogP contribution < -0.4 is 10.1 Å². The lowest BCUT2D eigenvalue weighted by Gasteiger charge is -2.09. The molecule has 1 N–H and O–H groups in total. The topological polar surface area (TPSA) is 34.2 Å². The van der Waals surface area contributed by atoms with Gasteiger partial charge in [0, 0.05) is 10.9 Å². The molecule has 0 aliphatic heterocycles. The molecule has 0 aliphatic carbocycles. The zero-order valence-electron chi connectivity index (χ0n) is 13.6. The molecule has 124 valence electrons. The predicted molar refractivity (Wildman–Crippen MR) is 101 cm³/mol. The van der Waals surface area contributed by atoms with Crippen LogP contribution in [-0.4, -0.2) is 12.0 Å². The van der Waals surface area contributed by atoms with E-state index in [0.717, 1.165) is 21.8 Å². The molecule has 2 aromatic carbocycles. The zero-order chi connectivity index (χ0) is 16.9. The van der Waals surface area contributed by atoms with Gasteiger partial charge < -0.3 is 10.1 Å². The van der Waals surface area contributed by atoms with Crippen molar-refractivity contribution in [1.29, 1.82) is 0 Å². The van der Waals surface area contributed by atoms with E-state index in [1.54, 1.807) is 11.3 Å². The molecule has 0 saturated heterocycles. The number of nitrogens with zero attached hydrogens (tertiary/aromatic N) is 1. The highest BCUT2D eigenvalue weighted by atomic mass is 35.5. The van der Waals surface area contributed by atoms with Gasteiger partial charge in [0.25, 0.3) is 0 Å². The van der Waals surface area contributed by atoms with E-state index < -0.39 is 0 Å². The fourth-order valence-corrected chi connectivity index (χ4v) is 3.38. The van der Waals surface area contributed by atoms with E-state index >= 15 is 0 Å². The Balaban J connectivity index is 1.73. The van der Waals surface area contributed by atoms with E-state index in [9.17, 15) is 0 Å². The van der Waals surface area contributed by atoms with Gasteiger partial charge in [-0.3, -0.25) is 0 Å². The number of nitrogens with one attached hydrogen (secondary N) is 1. The van der Waals surface area contributed by atoms with Crippen molar-refractivity contribution in [3.8, 4) is 17.0 Å². The molecule has 3 aromatic rings. The lowest BCUT2D eigenvalue weighted by molar-refractivity contribution is 0.306. The van der Waals surface area contributed by atoms with Gasteiger partial charge in [0.2, 0.25) is 0 Å². The molecule has 1 aromatic heterocycles. The second kappa shape index (κ2) is 7.79. The smallest absolute Gasteiger partial charge is 0.138 e. The summed E-state index contributed by atoms with van der Waals surface area (Å²) in [7, 11) is 1.93. The Morgan fingerprint density at radius 2 is 2.00 bits per heavy atom. The molecule has 24 heavy (non-hydrogen) atoms. The summed E-state index contributed by atoms with van der Waals surface area (Å²) in [6, 6.07) is 16.1. The first-order valence-corrected chi connectivity index (χ1v) is 9.02. The van der Waals surface area contributed by atoms with Crippen LogP contribution in [0.1, 0.15) is 23.5 Å². The highest BCUT2D eigenvalue weighted by Crippen LogP contribution is 2.32. The molecule has 3 nitrogen and oxygen atoms in total. The number of aromatic nitrogens is 1. The Hall–Kier alpha value is -1.88. The highest BCUT2D eigenvalue weighted by Gasteiger charge is 2.11. The van der Waals surface area contributed by atoms with Gasteiger partial charge in [-0.25, -0.2) is 4.98 Å². The second-order valence-electron chi connectivity index (χ2n) is 5.50. The second-order valence-corrected chi connectivity index (χ2v) is 6.80. The number of ether oxygens (including phenoxy) is 1. The fraction of sp³-hybridized carbons (Fsp3) is 0.211. The van der Waals surface area contributed by atoms with Gasteiger partial charge in [-0.2, -0.15) is 0 Å². The molecule has 0 aliphatic rings.